The van der Waals surface area contributed by atoms with Crippen molar-refractivity contribution in [2.24, 2.45) is 0 Å². The van der Waals surface area contributed by atoms with Crippen LogP contribution in [0.15, 0.2) is 48.5 Å². The Labute approximate surface area is 191 Å². The molecule has 164 valence electrons. The number of hydrogen-bond acceptors (Lipinski definition) is 0. The van der Waals surface area contributed by atoms with E-state index < -0.39 is 0 Å². The Balaban J connectivity index is 0.000000523. The number of benzene rings is 2. The van der Waals surface area contributed by atoms with Crippen LogP contribution in [-0.4, -0.2) is 0 Å². The summed E-state index contributed by atoms with van der Waals surface area (Å²) in [5.41, 5.74) is 2.92. The van der Waals surface area contributed by atoms with Gasteiger partial charge in [-0.2, -0.15) is 71.8 Å². The van der Waals surface area contributed by atoms with Gasteiger partial charge in [-0.05, 0) is 0 Å². The Morgan fingerprint density at radius 2 is 0.793 bits per heavy atom. The maximum absolute atomic E-state index is 3.05. The van der Waals surface area contributed by atoms with Crippen molar-refractivity contribution in [2.75, 3.05) is 0 Å². The molecule has 29 heavy (non-hydrogen) atoms. The van der Waals surface area contributed by atoms with Gasteiger partial charge in [0.25, 0.3) is 0 Å². The first-order valence-electron chi connectivity index (χ1n) is 11.8. The molecule has 0 aliphatic heterocycles. The van der Waals surface area contributed by atoms with Crippen LogP contribution in [0.3, 0.4) is 0 Å². The van der Waals surface area contributed by atoms with E-state index in [2.05, 4.69) is 50.2 Å². The van der Waals surface area contributed by atoms with Crippen LogP contribution in [0.4, 0.5) is 0 Å². The van der Waals surface area contributed by atoms with Crippen LogP contribution in [0, 0.1) is 12.1 Å². The van der Waals surface area contributed by atoms with E-state index in [4.69, 9.17) is 0 Å². The summed E-state index contributed by atoms with van der Waals surface area (Å²) in [4.78, 5) is 0. The summed E-state index contributed by atoms with van der Waals surface area (Å²) in [5, 5.41) is 0. The standard InChI is InChI=1S/2C14H21.Ni/c2*1-2-3-4-5-6-8-11-14-12-9-7-10-13-14;/h2*9-10,12-13H,2-6,8,11H2,1H3;/q2*-1;+2. The molecule has 0 radical (unpaired) electrons. The largest absolute Gasteiger partial charge is 2.00 e. The third-order valence-electron chi connectivity index (χ3n) is 5.21. The van der Waals surface area contributed by atoms with Gasteiger partial charge in [0.05, 0.1) is 0 Å². The Morgan fingerprint density at radius 1 is 0.483 bits per heavy atom. The van der Waals surface area contributed by atoms with E-state index in [9.17, 15) is 0 Å². The molecule has 0 aromatic heterocycles. The minimum absolute atomic E-state index is 0. The van der Waals surface area contributed by atoms with Crippen LogP contribution in [0.2, 0.25) is 0 Å². The summed E-state index contributed by atoms with van der Waals surface area (Å²) < 4.78 is 0. The summed E-state index contributed by atoms with van der Waals surface area (Å²) in [7, 11) is 0. The maximum Gasteiger partial charge on any atom is 2.00 e. The molecule has 0 saturated carbocycles. The normalized spacial score (nSPS) is 10.0. The van der Waals surface area contributed by atoms with E-state index in [0.717, 1.165) is 0 Å². The molecule has 0 saturated heterocycles. The molecule has 2 rings (SSSR count). The van der Waals surface area contributed by atoms with Gasteiger partial charge in [-0.15, -0.1) is 0 Å². The maximum atomic E-state index is 3.05. The third-order valence-corrected chi connectivity index (χ3v) is 5.21. The van der Waals surface area contributed by atoms with Crippen LogP contribution in [0.25, 0.3) is 0 Å². The summed E-state index contributed by atoms with van der Waals surface area (Å²) >= 11 is 0. The summed E-state index contributed by atoms with van der Waals surface area (Å²) in [6.07, 6.45) is 19.1. The van der Waals surface area contributed by atoms with E-state index >= 15 is 0 Å². The zero-order valence-corrected chi connectivity index (χ0v) is 19.8. The molecule has 0 spiro atoms. The van der Waals surface area contributed by atoms with Gasteiger partial charge in [-0.25, -0.2) is 0 Å². The molecule has 0 bridgehead atoms. The zero-order valence-electron chi connectivity index (χ0n) is 18.8. The minimum Gasteiger partial charge on any atom is -0.184 e. The van der Waals surface area contributed by atoms with Crippen molar-refractivity contribution >= 4 is 0 Å². The fourth-order valence-electron chi connectivity index (χ4n) is 3.40. The van der Waals surface area contributed by atoms with Gasteiger partial charge in [0, 0.05) is 0 Å². The number of rotatable bonds is 14. The van der Waals surface area contributed by atoms with Crippen molar-refractivity contribution < 1.29 is 16.5 Å². The molecule has 0 nitrogen and oxygen atoms in total. The molecule has 1 heteroatoms. The molecule has 0 aliphatic carbocycles. The molecule has 0 N–H and O–H groups in total. The van der Waals surface area contributed by atoms with Gasteiger partial charge in [-0.3, -0.25) is 0 Å². The van der Waals surface area contributed by atoms with Crippen molar-refractivity contribution in [1.82, 2.24) is 0 Å². The van der Waals surface area contributed by atoms with Crippen molar-refractivity contribution in [3.05, 3.63) is 71.8 Å². The van der Waals surface area contributed by atoms with Gasteiger partial charge in [0.1, 0.15) is 0 Å². The summed E-state index contributed by atoms with van der Waals surface area (Å²) in [6, 6.07) is 22.8. The van der Waals surface area contributed by atoms with E-state index in [1.165, 1.54) is 101 Å². The number of unbranched alkanes of at least 4 members (excludes halogenated alkanes) is 10. The molecular weight excluding hydrogens is 395 g/mol. The second kappa shape index (κ2) is 21.6. The monoisotopic (exact) mass is 436 g/mol. The first kappa shape index (κ1) is 27.9. The molecule has 0 fully saturated rings. The van der Waals surface area contributed by atoms with Crippen LogP contribution >= 0.6 is 0 Å². The summed E-state index contributed by atoms with van der Waals surface area (Å²) in [5.74, 6) is 0. The second-order valence-electron chi connectivity index (χ2n) is 7.85. The molecule has 2 aromatic rings. The first-order chi connectivity index (χ1) is 13.9. The quantitative estimate of drug-likeness (QED) is 0.157. The average Bonchev–Trinajstić information content (AvgIpc) is 2.75. The van der Waals surface area contributed by atoms with E-state index in [-0.39, 0.29) is 16.5 Å². The molecule has 0 unspecified atom stereocenters. The van der Waals surface area contributed by atoms with Gasteiger partial charge in [-0.1, -0.05) is 104 Å². The van der Waals surface area contributed by atoms with Crippen LogP contribution in [-0.2, 0) is 29.3 Å². The van der Waals surface area contributed by atoms with Crippen molar-refractivity contribution in [1.29, 1.82) is 0 Å². The Bertz CT molecular complexity index is 483. The fraction of sp³-hybridized carbons (Fsp3) is 0.571. The predicted octanol–water partition coefficient (Wildman–Crippen LogP) is 8.78. The molecule has 2 aromatic carbocycles. The Morgan fingerprint density at radius 3 is 1.14 bits per heavy atom. The third kappa shape index (κ3) is 17.5. The molecule has 0 amide bonds. The predicted molar refractivity (Wildman–Crippen MR) is 125 cm³/mol. The van der Waals surface area contributed by atoms with Crippen molar-refractivity contribution in [3.8, 4) is 0 Å². The van der Waals surface area contributed by atoms with E-state index in [1.54, 1.807) is 0 Å². The van der Waals surface area contributed by atoms with Crippen molar-refractivity contribution in [2.45, 2.75) is 104 Å². The van der Waals surface area contributed by atoms with Gasteiger partial charge >= 0.3 is 16.5 Å². The fourth-order valence-corrected chi connectivity index (χ4v) is 3.40. The summed E-state index contributed by atoms with van der Waals surface area (Å²) in [6.45, 7) is 4.53. The molecule has 0 heterocycles. The van der Waals surface area contributed by atoms with E-state index in [0.29, 0.717) is 0 Å². The molecule has 0 aliphatic rings. The van der Waals surface area contributed by atoms with Gasteiger partial charge in [0.2, 0.25) is 0 Å². The molecule has 0 atom stereocenters. The van der Waals surface area contributed by atoms with Gasteiger partial charge in [0.15, 0.2) is 0 Å². The molecular formula is C28H42Ni. The van der Waals surface area contributed by atoms with Crippen LogP contribution in [0.5, 0.6) is 0 Å². The van der Waals surface area contributed by atoms with Crippen LogP contribution < -0.4 is 0 Å². The second-order valence-corrected chi connectivity index (χ2v) is 7.85. The van der Waals surface area contributed by atoms with E-state index in [1.807, 2.05) is 24.3 Å². The Hall–Kier alpha value is -1.07. The SMILES string of the molecule is CCCCCCCCc1cc[c-]cc1.CCCCCCCCc1cc[c-]cc1.[Ni+2]. The van der Waals surface area contributed by atoms with Crippen LogP contribution in [0.1, 0.15) is 102 Å². The average molecular weight is 437 g/mol. The number of aryl methyl sites for hydroxylation is 2. The minimum atomic E-state index is 0. The zero-order chi connectivity index (χ0) is 20.1. The Kier molecular flexibility index (Phi) is 20.8. The van der Waals surface area contributed by atoms with Crippen molar-refractivity contribution in [3.63, 3.8) is 0 Å². The number of hydrogen-bond donors (Lipinski definition) is 0. The first-order valence-corrected chi connectivity index (χ1v) is 11.8. The van der Waals surface area contributed by atoms with Gasteiger partial charge < -0.3 is 0 Å². The topological polar surface area (TPSA) is 0 Å². The smallest absolute Gasteiger partial charge is 0.184 e.